The molecule has 0 aromatic carbocycles. The molecule has 23 heavy (non-hydrogen) atoms. The first-order valence-corrected chi connectivity index (χ1v) is 8.72. The predicted molar refractivity (Wildman–Crippen MR) is 88.0 cm³/mol. The summed E-state index contributed by atoms with van der Waals surface area (Å²) in [6, 6.07) is 0.357. The van der Waals surface area contributed by atoms with E-state index in [0.29, 0.717) is 19.3 Å². The van der Waals surface area contributed by atoms with E-state index in [0.717, 1.165) is 31.8 Å². The van der Waals surface area contributed by atoms with Crippen molar-refractivity contribution >= 4 is 0 Å². The van der Waals surface area contributed by atoms with Crippen LogP contribution in [-0.2, 0) is 16.8 Å². The molecule has 3 atom stereocenters. The number of hydrogen-bond acceptors (Lipinski definition) is 5. The molecule has 3 heterocycles. The summed E-state index contributed by atoms with van der Waals surface area (Å²) in [6.45, 7) is 11.6. The fourth-order valence-electron chi connectivity index (χ4n) is 4.00. The van der Waals surface area contributed by atoms with Gasteiger partial charge in [-0.3, -0.25) is 4.90 Å². The van der Waals surface area contributed by atoms with Crippen molar-refractivity contribution in [1.29, 1.82) is 0 Å². The SMILES string of the molecule is CC(C)(C)n1ncnc1CN1CCC[C@@H]1[C@@H]1COCC[C@]1(C)O. The molecule has 1 aromatic heterocycles. The van der Waals surface area contributed by atoms with Crippen LogP contribution in [0.3, 0.4) is 0 Å². The van der Waals surface area contributed by atoms with E-state index >= 15 is 0 Å². The highest BCUT2D eigenvalue weighted by Gasteiger charge is 2.44. The second-order valence-electron chi connectivity index (χ2n) is 8.23. The quantitative estimate of drug-likeness (QED) is 0.919. The number of aliphatic hydroxyl groups is 1. The van der Waals surface area contributed by atoms with Crippen molar-refractivity contribution in [2.45, 2.75) is 70.7 Å². The average molecular weight is 322 g/mol. The van der Waals surface area contributed by atoms with Gasteiger partial charge in [-0.2, -0.15) is 5.10 Å². The number of rotatable bonds is 3. The van der Waals surface area contributed by atoms with Gasteiger partial charge in [0.1, 0.15) is 12.2 Å². The van der Waals surface area contributed by atoms with Gasteiger partial charge in [-0.25, -0.2) is 9.67 Å². The molecule has 1 N–H and O–H groups in total. The van der Waals surface area contributed by atoms with Gasteiger partial charge in [-0.05, 0) is 53.5 Å². The largest absolute Gasteiger partial charge is 0.390 e. The van der Waals surface area contributed by atoms with Crippen molar-refractivity contribution in [2.24, 2.45) is 5.92 Å². The molecule has 2 fully saturated rings. The van der Waals surface area contributed by atoms with E-state index in [1.54, 1.807) is 6.33 Å². The fraction of sp³-hybridized carbons (Fsp3) is 0.882. The Kier molecular flexibility index (Phi) is 4.51. The second-order valence-corrected chi connectivity index (χ2v) is 8.23. The van der Waals surface area contributed by atoms with Crippen LogP contribution in [0, 0.1) is 5.92 Å². The minimum atomic E-state index is -0.636. The molecule has 3 rings (SSSR count). The zero-order valence-corrected chi connectivity index (χ0v) is 14.8. The van der Waals surface area contributed by atoms with Crippen molar-refractivity contribution in [3.05, 3.63) is 12.2 Å². The summed E-state index contributed by atoms with van der Waals surface area (Å²) in [4.78, 5) is 6.94. The molecule has 0 amide bonds. The lowest BCUT2D eigenvalue weighted by Crippen LogP contribution is -2.52. The number of aromatic nitrogens is 3. The molecule has 2 aliphatic rings. The van der Waals surface area contributed by atoms with Gasteiger partial charge in [0.25, 0.3) is 0 Å². The summed E-state index contributed by atoms with van der Waals surface area (Å²) in [6.07, 6.45) is 4.65. The van der Waals surface area contributed by atoms with Crippen LogP contribution in [0.5, 0.6) is 0 Å². The normalized spacial score (nSPS) is 33.3. The molecule has 0 spiro atoms. The smallest absolute Gasteiger partial charge is 0.141 e. The molecule has 6 heteroatoms. The Morgan fingerprint density at radius 1 is 1.43 bits per heavy atom. The zero-order valence-electron chi connectivity index (χ0n) is 14.8. The molecular formula is C17H30N4O2. The van der Waals surface area contributed by atoms with Crippen LogP contribution in [0.2, 0.25) is 0 Å². The van der Waals surface area contributed by atoms with Crippen molar-refractivity contribution in [3.8, 4) is 0 Å². The maximum atomic E-state index is 10.8. The summed E-state index contributed by atoms with van der Waals surface area (Å²) in [5.74, 6) is 1.17. The highest BCUT2D eigenvalue weighted by atomic mass is 16.5. The molecule has 2 saturated heterocycles. The Labute approximate surface area is 138 Å². The Morgan fingerprint density at radius 2 is 2.22 bits per heavy atom. The van der Waals surface area contributed by atoms with E-state index in [1.807, 2.05) is 11.6 Å². The molecular weight excluding hydrogens is 292 g/mol. The Bertz CT molecular complexity index is 535. The molecule has 0 saturated carbocycles. The third-order valence-electron chi connectivity index (χ3n) is 5.33. The van der Waals surface area contributed by atoms with E-state index in [1.165, 1.54) is 6.42 Å². The molecule has 2 aliphatic heterocycles. The summed E-state index contributed by atoms with van der Waals surface area (Å²) >= 11 is 0. The van der Waals surface area contributed by atoms with Gasteiger partial charge in [-0.15, -0.1) is 0 Å². The predicted octanol–water partition coefficient (Wildman–Crippen LogP) is 1.78. The van der Waals surface area contributed by atoms with Gasteiger partial charge >= 0.3 is 0 Å². The van der Waals surface area contributed by atoms with Crippen LogP contribution in [0.15, 0.2) is 6.33 Å². The van der Waals surface area contributed by atoms with E-state index < -0.39 is 5.60 Å². The average Bonchev–Trinajstić information content (AvgIpc) is 3.07. The van der Waals surface area contributed by atoms with Crippen LogP contribution >= 0.6 is 0 Å². The molecule has 0 unspecified atom stereocenters. The summed E-state index contributed by atoms with van der Waals surface area (Å²) in [5, 5.41) is 15.2. The highest BCUT2D eigenvalue weighted by molar-refractivity contribution is 4.99. The third kappa shape index (κ3) is 3.44. The Hall–Kier alpha value is -0.980. The number of nitrogens with zero attached hydrogens (tertiary/aromatic N) is 4. The standard InChI is InChI=1S/C17H30N4O2/c1-16(2,3)21-15(18-12-19-21)10-20-8-5-6-14(20)13-11-23-9-7-17(13,4)22/h12-14,22H,5-11H2,1-4H3/t13-,14+,17-/m0/s1. The van der Waals surface area contributed by atoms with Gasteiger partial charge in [0.05, 0.1) is 24.3 Å². The van der Waals surface area contributed by atoms with Crippen LogP contribution < -0.4 is 0 Å². The summed E-state index contributed by atoms with van der Waals surface area (Å²) in [7, 11) is 0. The van der Waals surface area contributed by atoms with Crippen molar-refractivity contribution in [1.82, 2.24) is 19.7 Å². The van der Waals surface area contributed by atoms with Crippen LogP contribution in [0.4, 0.5) is 0 Å². The molecule has 6 nitrogen and oxygen atoms in total. The van der Waals surface area contributed by atoms with Gasteiger partial charge in [0.15, 0.2) is 0 Å². The highest BCUT2D eigenvalue weighted by Crippen LogP contribution is 2.36. The minimum Gasteiger partial charge on any atom is -0.390 e. The number of ether oxygens (including phenoxy) is 1. The van der Waals surface area contributed by atoms with E-state index in [9.17, 15) is 5.11 Å². The first kappa shape index (κ1) is 16.9. The van der Waals surface area contributed by atoms with Crippen molar-refractivity contribution in [3.63, 3.8) is 0 Å². The molecule has 0 aliphatic carbocycles. The first-order chi connectivity index (χ1) is 10.8. The number of likely N-dealkylation sites (tertiary alicyclic amines) is 1. The van der Waals surface area contributed by atoms with Gasteiger partial charge in [0, 0.05) is 18.6 Å². The van der Waals surface area contributed by atoms with Gasteiger partial charge in [-0.1, -0.05) is 0 Å². The molecule has 0 radical (unpaired) electrons. The lowest BCUT2D eigenvalue weighted by molar-refractivity contribution is -0.123. The van der Waals surface area contributed by atoms with E-state index in [2.05, 4.69) is 35.8 Å². The van der Waals surface area contributed by atoms with Crippen LogP contribution in [-0.4, -0.2) is 56.2 Å². The maximum Gasteiger partial charge on any atom is 0.141 e. The molecule has 0 bridgehead atoms. The lowest BCUT2D eigenvalue weighted by Gasteiger charge is -2.43. The van der Waals surface area contributed by atoms with Crippen molar-refractivity contribution < 1.29 is 9.84 Å². The van der Waals surface area contributed by atoms with Crippen molar-refractivity contribution in [2.75, 3.05) is 19.8 Å². The second kappa shape index (κ2) is 6.15. The van der Waals surface area contributed by atoms with Crippen LogP contribution in [0.25, 0.3) is 0 Å². The number of hydrogen-bond donors (Lipinski definition) is 1. The summed E-state index contributed by atoms with van der Waals surface area (Å²) < 4.78 is 7.68. The topological polar surface area (TPSA) is 63.4 Å². The van der Waals surface area contributed by atoms with Gasteiger partial charge < -0.3 is 9.84 Å². The molecule has 1 aromatic rings. The lowest BCUT2D eigenvalue weighted by atomic mass is 9.79. The van der Waals surface area contributed by atoms with E-state index in [-0.39, 0.29) is 11.5 Å². The minimum absolute atomic E-state index is 0.0690. The van der Waals surface area contributed by atoms with Gasteiger partial charge in [0.2, 0.25) is 0 Å². The third-order valence-corrected chi connectivity index (χ3v) is 5.33. The fourth-order valence-corrected chi connectivity index (χ4v) is 4.00. The Balaban J connectivity index is 1.76. The first-order valence-electron chi connectivity index (χ1n) is 8.72. The maximum absolute atomic E-state index is 10.8. The Morgan fingerprint density at radius 3 is 2.91 bits per heavy atom. The summed E-state index contributed by atoms with van der Waals surface area (Å²) in [5.41, 5.74) is -0.705. The monoisotopic (exact) mass is 322 g/mol. The zero-order chi connectivity index (χ0) is 16.7. The van der Waals surface area contributed by atoms with E-state index in [4.69, 9.17) is 4.74 Å². The van der Waals surface area contributed by atoms with Crippen LogP contribution in [0.1, 0.15) is 52.8 Å². The molecule has 130 valence electrons.